The number of hydrogen-bond donors (Lipinski definition) is 2. The van der Waals surface area contributed by atoms with Crippen molar-refractivity contribution in [3.05, 3.63) is 65.3 Å². The molecule has 0 radical (unpaired) electrons. The molecule has 2 N–H and O–H groups in total. The van der Waals surface area contributed by atoms with Crippen molar-refractivity contribution in [2.75, 3.05) is 47.8 Å². The lowest BCUT2D eigenvalue weighted by atomic mass is 10.1. The van der Waals surface area contributed by atoms with Crippen LogP contribution in [0, 0.1) is 17.6 Å². The Bertz CT molecular complexity index is 1530. The van der Waals surface area contributed by atoms with E-state index in [-0.39, 0.29) is 15.6 Å². The molecule has 1 aliphatic rings. The van der Waals surface area contributed by atoms with E-state index in [4.69, 9.17) is 26.3 Å². The highest BCUT2D eigenvalue weighted by molar-refractivity contribution is 7.86. The monoisotopic (exact) mass is 604 g/mol. The fourth-order valence-corrected chi connectivity index (χ4v) is 6.35. The van der Waals surface area contributed by atoms with E-state index in [0.29, 0.717) is 55.1 Å². The first kappa shape index (κ1) is 28.3. The van der Waals surface area contributed by atoms with Crippen molar-refractivity contribution in [1.82, 2.24) is 15.0 Å². The van der Waals surface area contributed by atoms with E-state index in [1.165, 1.54) is 11.3 Å². The van der Waals surface area contributed by atoms with Crippen molar-refractivity contribution < 1.29 is 17.7 Å². The Morgan fingerprint density at radius 2 is 1.95 bits per heavy atom. The third-order valence-corrected chi connectivity index (χ3v) is 8.67. The predicted octanol–water partition coefficient (Wildman–Crippen LogP) is 6.24. The van der Waals surface area contributed by atoms with E-state index in [0.717, 1.165) is 34.8 Å². The normalized spacial score (nSPS) is 14.4. The van der Waals surface area contributed by atoms with E-state index in [9.17, 15) is 13.0 Å². The molecule has 1 fully saturated rings. The van der Waals surface area contributed by atoms with Crippen LogP contribution >= 0.6 is 22.9 Å². The first-order valence-electron chi connectivity index (χ1n) is 12.6. The van der Waals surface area contributed by atoms with Crippen LogP contribution in [0.3, 0.4) is 0 Å². The highest BCUT2D eigenvalue weighted by atomic mass is 35.5. The molecule has 210 valence electrons. The topological polar surface area (TPSA) is 92.3 Å². The number of morpholine rings is 1. The number of halogens is 3. The van der Waals surface area contributed by atoms with Crippen molar-refractivity contribution in [2.45, 2.75) is 18.7 Å². The van der Waals surface area contributed by atoms with Gasteiger partial charge in [0.1, 0.15) is 11.6 Å². The maximum absolute atomic E-state index is 14.2. The molecule has 0 bridgehead atoms. The molecule has 8 nitrogen and oxygen atoms in total. The third-order valence-electron chi connectivity index (χ3n) is 6.00. The quantitative estimate of drug-likeness (QED) is 0.234. The summed E-state index contributed by atoms with van der Waals surface area (Å²) in [6, 6.07) is 9.77. The van der Waals surface area contributed by atoms with Crippen LogP contribution in [-0.4, -0.2) is 52.0 Å². The molecular weight excluding hydrogens is 578 g/mol. The first-order chi connectivity index (χ1) is 19.3. The molecule has 5 rings (SSSR count). The van der Waals surface area contributed by atoms with Crippen LogP contribution in [0.4, 0.5) is 25.5 Å². The predicted molar refractivity (Wildman–Crippen MR) is 156 cm³/mol. The van der Waals surface area contributed by atoms with Crippen molar-refractivity contribution in [1.29, 1.82) is 0 Å². The van der Waals surface area contributed by atoms with Gasteiger partial charge in [0.05, 0.1) is 45.1 Å². The van der Waals surface area contributed by atoms with Gasteiger partial charge >= 0.3 is 0 Å². The van der Waals surface area contributed by atoms with Gasteiger partial charge in [0.25, 0.3) is 0 Å². The molecule has 1 unspecified atom stereocenters. The Balaban J connectivity index is 1.54. The van der Waals surface area contributed by atoms with Gasteiger partial charge in [0.2, 0.25) is 5.95 Å². The number of nitrogens with one attached hydrogen (secondary N) is 2. The van der Waals surface area contributed by atoms with Crippen LogP contribution in [0.25, 0.3) is 21.8 Å². The average molecular weight is 605 g/mol. The number of thiazole rings is 1. The zero-order valence-corrected chi connectivity index (χ0v) is 24.2. The summed E-state index contributed by atoms with van der Waals surface area (Å²) in [6.07, 6.45) is 1.69. The zero-order valence-electron chi connectivity index (χ0n) is 21.8. The SMILES string of the molecule is CC(C)CNc1nccc(-c2sc(N3CCOCC3)nc2-c2cccc(NS(=O)c3cc(F)ccc3F)c2Cl)n1. The molecule has 4 aromatic rings. The molecule has 0 saturated carbocycles. The molecule has 3 heterocycles. The molecule has 1 saturated heterocycles. The second kappa shape index (κ2) is 12.5. The number of benzene rings is 2. The number of aromatic nitrogens is 3. The summed E-state index contributed by atoms with van der Waals surface area (Å²) in [6.45, 7) is 7.53. The molecule has 13 heteroatoms. The fourth-order valence-electron chi connectivity index (χ4n) is 3.99. The summed E-state index contributed by atoms with van der Waals surface area (Å²) in [4.78, 5) is 16.7. The van der Waals surface area contributed by atoms with Crippen LogP contribution < -0.4 is 14.9 Å². The van der Waals surface area contributed by atoms with E-state index in [2.05, 4.69) is 33.8 Å². The smallest absolute Gasteiger partial charge is 0.223 e. The van der Waals surface area contributed by atoms with Crippen LogP contribution in [0.5, 0.6) is 0 Å². The molecule has 1 atom stereocenters. The van der Waals surface area contributed by atoms with Gasteiger partial charge in [-0.2, -0.15) is 0 Å². The van der Waals surface area contributed by atoms with Crippen LogP contribution in [0.15, 0.2) is 53.6 Å². The third kappa shape index (κ3) is 6.41. The molecule has 2 aromatic heterocycles. The lowest BCUT2D eigenvalue weighted by Gasteiger charge is -2.26. The van der Waals surface area contributed by atoms with Gasteiger partial charge in [-0.1, -0.05) is 48.9 Å². The fraction of sp³-hybridized carbons (Fsp3) is 0.296. The summed E-state index contributed by atoms with van der Waals surface area (Å²) in [5.41, 5.74) is 2.13. The molecule has 2 aromatic carbocycles. The summed E-state index contributed by atoms with van der Waals surface area (Å²) in [5, 5.41) is 4.29. The van der Waals surface area contributed by atoms with E-state index < -0.39 is 22.6 Å². The molecule has 40 heavy (non-hydrogen) atoms. The highest BCUT2D eigenvalue weighted by Gasteiger charge is 2.24. The van der Waals surface area contributed by atoms with Crippen molar-refractivity contribution in [3.8, 4) is 21.8 Å². The standard InChI is InChI=1S/C27H27ClF2N6O2S2/c1-16(2)15-32-26-31-9-8-21(33-26)25-24(34-27(39-25)36-10-12-38-13-11-36)18-4-3-5-20(23(18)28)35-40(37)22-14-17(29)6-7-19(22)30/h3-9,14,16,35H,10-13,15H2,1-2H3,(H,31,32,33). The van der Waals surface area contributed by atoms with Gasteiger partial charge in [-0.15, -0.1) is 0 Å². The number of rotatable bonds is 9. The lowest BCUT2D eigenvalue weighted by molar-refractivity contribution is 0.122. The molecule has 0 spiro atoms. The molecule has 0 aliphatic carbocycles. The summed E-state index contributed by atoms with van der Waals surface area (Å²) >= 11 is 8.32. The number of anilines is 3. The number of hydrogen-bond acceptors (Lipinski definition) is 8. The van der Waals surface area contributed by atoms with Crippen LogP contribution in [0.2, 0.25) is 5.02 Å². The summed E-state index contributed by atoms with van der Waals surface area (Å²) in [7, 11) is -2.10. The van der Waals surface area contributed by atoms with Gasteiger partial charge in [0.15, 0.2) is 16.1 Å². The van der Waals surface area contributed by atoms with Crippen LogP contribution in [0.1, 0.15) is 13.8 Å². The van der Waals surface area contributed by atoms with E-state index >= 15 is 0 Å². The zero-order chi connectivity index (χ0) is 28.2. The average Bonchev–Trinajstić information content (AvgIpc) is 3.40. The number of ether oxygens (including phenoxy) is 1. The van der Waals surface area contributed by atoms with Gasteiger partial charge < -0.3 is 15.0 Å². The van der Waals surface area contributed by atoms with Gasteiger partial charge in [-0.3, -0.25) is 4.72 Å². The van der Waals surface area contributed by atoms with E-state index in [1.807, 2.05) is 6.07 Å². The number of nitrogens with zero attached hydrogens (tertiary/aromatic N) is 4. The minimum absolute atomic E-state index is 0.236. The van der Waals surface area contributed by atoms with Gasteiger partial charge in [-0.25, -0.2) is 27.9 Å². The maximum Gasteiger partial charge on any atom is 0.223 e. The lowest BCUT2D eigenvalue weighted by Crippen LogP contribution is -2.36. The summed E-state index contributed by atoms with van der Waals surface area (Å²) < 4.78 is 49.1. The first-order valence-corrected chi connectivity index (χ1v) is 15.0. The second-order valence-corrected chi connectivity index (χ2v) is 12.0. The Morgan fingerprint density at radius 1 is 1.15 bits per heavy atom. The van der Waals surface area contributed by atoms with Crippen molar-refractivity contribution >= 4 is 50.7 Å². The van der Waals surface area contributed by atoms with Crippen molar-refractivity contribution in [3.63, 3.8) is 0 Å². The Hall–Kier alpha value is -3.19. The molecular formula is C27H27ClF2N6O2S2. The van der Waals surface area contributed by atoms with Gasteiger partial charge in [0, 0.05) is 31.4 Å². The molecule has 1 aliphatic heterocycles. The highest BCUT2D eigenvalue weighted by Crippen LogP contribution is 2.44. The Morgan fingerprint density at radius 3 is 2.73 bits per heavy atom. The second-order valence-electron chi connectivity index (χ2n) is 9.43. The minimum Gasteiger partial charge on any atom is -0.378 e. The van der Waals surface area contributed by atoms with E-state index in [1.54, 1.807) is 24.4 Å². The maximum atomic E-state index is 14.2. The van der Waals surface area contributed by atoms with Crippen LogP contribution in [-0.2, 0) is 15.7 Å². The Labute approximate surface area is 242 Å². The largest absolute Gasteiger partial charge is 0.378 e. The summed E-state index contributed by atoms with van der Waals surface area (Å²) in [5.74, 6) is -0.560. The Kier molecular flexibility index (Phi) is 8.89. The van der Waals surface area contributed by atoms with Gasteiger partial charge in [-0.05, 0) is 36.2 Å². The molecule has 0 amide bonds. The van der Waals surface area contributed by atoms with Crippen molar-refractivity contribution in [2.24, 2.45) is 5.92 Å². The minimum atomic E-state index is -2.10.